The molecule has 6 nitrogen and oxygen atoms in total. The van der Waals surface area contributed by atoms with Crippen molar-refractivity contribution in [3.05, 3.63) is 35.4 Å². The molecule has 0 atom stereocenters. The standard InChI is InChI=1S/C19H32N4O2.HI/c1-6-15-7-9-16(10-8-15)11-12-21-17(20-5)22-13-14-23-18(24)25-19(2,3)4;/h7-10H,6,11-14H2,1-5H3,(H,23,24)(H2,20,21,22);1H. The number of ether oxygens (including phenoxy) is 1. The molecule has 3 N–H and O–H groups in total. The zero-order chi connectivity index (χ0) is 18.7. The Morgan fingerprint density at radius 1 is 1.00 bits per heavy atom. The van der Waals surface area contributed by atoms with Crippen molar-refractivity contribution in [2.45, 2.75) is 46.1 Å². The summed E-state index contributed by atoms with van der Waals surface area (Å²) in [5.41, 5.74) is 2.17. The highest BCUT2D eigenvalue weighted by Gasteiger charge is 2.15. The number of guanidine groups is 1. The Labute approximate surface area is 174 Å². The summed E-state index contributed by atoms with van der Waals surface area (Å²) in [7, 11) is 1.73. The Balaban J connectivity index is 0.00000625. The van der Waals surface area contributed by atoms with Crippen LogP contribution in [0.15, 0.2) is 29.3 Å². The van der Waals surface area contributed by atoms with Crippen LogP contribution in [0, 0.1) is 0 Å². The zero-order valence-electron chi connectivity index (χ0n) is 16.5. The number of benzene rings is 1. The molecule has 1 aromatic carbocycles. The van der Waals surface area contributed by atoms with E-state index in [1.807, 2.05) is 20.8 Å². The fraction of sp³-hybridized carbons (Fsp3) is 0.579. The summed E-state index contributed by atoms with van der Waals surface area (Å²) < 4.78 is 5.18. The largest absolute Gasteiger partial charge is 0.444 e. The van der Waals surface area contributed by atoms with Crippen molar-refractivity contribution in [3.8, 4) is 0 Å². The fourth-order valence-corrected chi connectivity index (χ4v) is 2.15. The monoisotopic (exact) mass is 476 g/mol. The van der Waals surface area contributed by atoms with Crippen LogP contribution in [0.2, 0.25) is 0 Å². The van der Waals surface area contributed by atoms with Crippen LogP contribution in [-0.2, 0) is 17.6 Å². The molecule has 1 rings (SSSR count). The molecule has 1 aromatic rings. The van der Waals surface area contributed by atoms with Crippen LogP contribution in [0.5, 0.6) is 0 Å². The molecule has 0 aromatic heterocycles. The second-order valence-corrected chi connectivity index (χ2v) is 6.77. The maximum atomic E-state index is 11.5. The van der Waals surface area contributed by atoms with Gasteiger partial charge in [-0.05, 0) is 44.7 Å². The van der Waals surface area contributed by atoms with E-state index in [0.29, 0.717) is 13.1 Å². The minimum atomic E-state index is -0.482. The summed E-state index contributed by atoms with van der Waals surface area (Å²) in [5.74, 6) is 0.719. The summed E-state index contributed by atoms with van der Waals surface area (Å²) in [6.45, 7) is 9.51. The smallest absolute Gasteiger partial charge is 0.407 e. The van der Waals surface area contributed by atoms with Crippen molar-refractivity contribution >= 4 is 36.0 Å². The first kappa shape index (κ1) is 24.5. The van der Waals surface area contributed by atoms with Crippen molar-refractivity contribution < 1.29 is 9.53 Å². The van der Waals surface area contributed by atoms with E-state index < -0.39 is 11.7 Å². The van der Waals surface area contributed by atoms with Crippen LogP contribution in [0.3, 0.4) is 0 Å². The molecule has 1 amide bonds. The van der Waals surface area contributed by atoms with Crippen LogP contribution < -0.4 is 16.0 Å². The number of carbonyl (C=O) groups excluding carboxylic acids is 1. The van der Waals surface area contributed by atoms with E-state index in [1.54, 1.807) is 7.05 Å². The molecule has 26 heavy (non-hydrogen) atoms. The number of alkyl carbamates (subject to hydrolysis) is 1. The van der Waals surface area contributed by atoms with Gasteiger partial charge in [-0.2, -0.15) is 0 Å². The van der Waals surface area contributed by atoms with E-state index in [0.717, 1.165) is 25.3 Å². The highest BCUT2D eigenvalue weighted by atomic mass is 127. The molecule has 0 unspecified atom stereocenters. The number of hydrogen-bond acceptors (Lipinski definition) is 3. The quantitative estimate of drug-likeness (QED) is 0.245. The van der Waals surface area contributed by atoms with E-state index in [9.17, 15) is 4.79 Å². The highest BCUT2D eigenvalue weighted by molar-refractivity contribution is 14.0. The van der Waals surface area contributed by atoms with Crippen molar-refractivity contribution in [2.75, 3.05) is 26.7 Å². The number of nitrogens with one attached hydrogen (secondary N) is 3. The van der Waals surface area contributed by atoms with Gasteiger partial charge in [0.05, 0.1) is 0 Å². The lowest BCUT2D eigenvalue weighted by molar-refractivity contribution is 0.0529. The van der Waals surface area contributed by atoms with Crippen molar-refractivity contribution in [1.29, 1.82) is 0 Å². The molecule has 0 aliphatic rings. The highest BCUT2D eigenvalue weighted by Crippen LogP contribution is 2.06. The molecule has 0 bridgehead atoms. The Bertz CT molecular complexity index is 554. The third-order valence-electron chi connectivity index (χ3n) is 3.45. The second-order valence-electron chi connectivity index (χ2n) is 6.77. The van der Waals surface area contributed by atoms with Crippen molar-refractivity contribution in [2.24, 2.45) is 4.99 Å². The number of halogens is 1. The van der Waals surface area contributed by atoms with Gasteiger partial charge in [-0.3, -0.25) is 4.99 Å². The van der Waals surface area contributed by atoms with Gasteiger partial charge in [0.15, 0.2) is 5.96 Å². The van der Waals surface area contributed by atoms with Crippen LogP contribution >= 0.6 is 24.0 Å². The van der Waals surface area contributed by atoms with E-state index in [2.05, 4.69) is 52.1 Å². The molecule has 0 spiro atoms. The SMILES string of the molecule is CCc1ccc(CCNC(=NC)NCCNC(=O)OC(C)(C)C)cc1.I. The van der Waals surface area contributed by atoms with Gasteiger partial charge in [-0.1, -0.05) is 31.2 Å². The topological polar surface area (TPSA) is 74.8 Å². The van der Waals surface area contributed by atoms with Gasteiger partial charge in [0, 0.05) is 26.7 Å². The molecule has 0 aliphatic carbocycles. The van der Waals surface area contributed by atoms with Gasteiger partial charge >= 0.3 is 6.09 Å². The number of hydrogen-bond donors (Lipinski definition) is 3. The lowest BCUT2D eigenvalue weighted by atomic mass is 10.1. The van der Waals surface area contributed by atoms with Gasteiger partial charge in [0.1, 0.15) is 5.60 Å². The van der Waals surface area contributed by atoms with Gasteiger partial charge in [-0.25, -0.2) is 4.79 Å². The maximum Gasteiger partial charge on any atom is 0.407 e. The van der Waals surface area contributed by atoms with E-state index in [1.165, 1.54) is 11.1 Å². The Morgan fingerprint density at radius 3 is 2.08 bits per heavy atom. The first-order chi connectivity index (χ1) is 11.8. The normalized spacial score (nSPS) is 11.3. The van der Waals surface area contributed by atoms with Crippen LogP contribution in [0.25, 0.3) is 0 Å². The van der Waals surface area contributed by atoms with E-state index in [4.69, 9.17) is 4.74 Å². The molecular weight excluding hydrogens is 443 g/mol. The summed E-state index contributed by atoms with van der Waals surface area (Å²) in [5, 5.41) is 9.13. The third-order valence-corrected chi connectivity index (χ3v) is 3.45. The average molecular weight is 476 g/mol. The maximum absolute atomic E-state index is 11.5. The lowest BCUT2D eigenvalue weighted by Gasteiger charge is -2.19. The first-order valence-electron chi connectivity index (χ1n) is 8.83. The number of carbonyl (C=O) groups is 1. The molecule has 0 heterocycles. The molecule has 0 radical (unpaired) electrons. The first-order valence-corrected chi connectivity index (χ1v) is 8.83. The summed E-state index contributed by atoms with van der Waals surface area (Å²) in [6, 6.07) is 8.68. The average Bonchev–Trinajstić information content (AvgIpc) is 2.56. The summed E-state index contributed by atoms with van der Waals surface area (Å²) in [4.78, 5) is 15.7. The minimum Gasteiger partial charge on any atom is -0.444 e. The molecule has 0 aliphatic heterocycles. The van der Waals surface area contributed by atoms with Crippen molar-refractivity contribution in [1.82, 2.24) is 16.0 Å². The van der Waals surface area contributed by atoms with Crippen LogP contribution in [0.1, 0.15) is 38.8 Å². The number of amides is 1. The van der Waals surface area contributed by atoms with Crippen molar-refractivity contribution in [3.63, 3.8) is 0 Å². The fourth-order valence-electron chi connectivity index (χ4n) is 2.15. The number of aryl methyl sites for hydroxylation is 1. The van der Waals surface area contributed by atoms with Gasteiger partial charge in [0.2, 0.25) is 0 Å². The minimum absolute atomic E-state index is 0. The van der Waals surface area contributed by atoms with Gasteiger partial charge in [0.25, 0.3) is 0 Å². The third kappa shape index (κ3) is 11.2. The molecule has 7 heteroatoms. The van der Waals surface area contributed by atoms with Crippen LogP contribution in [0.4, 0.5) is 4.79 Å². The van der Waals surface area contributed by atoms with Gasteiger partial charge in [-0.15, -0.1) is 24.0 Å². The lowest BCUT2D eigenvalue weighted by Crippen LogP contribution is -2.42. The number of nitrogens with zero attached hydrogens (tertiary/aromatic N) is 1. The number of aliphatic imine (C=N–C) groups is 1. The molecule has 0 saturated heterocycles. The number of rotatable bonds is 7. The zero-order valence-corrected chi connectivity index (χ0v) is 18.8. The van der Waals surface area contributed by atoms with E-state index in [-0.39, 0.29) is 24.0 Å². The Hall–Kier alpha value is -1.51. The van der Waals surface area contributed by atoms with Crippen LogP contribution in [-0.4, -0.2) is 44.3 Å². The predicted octanol–water partition coefficient (Wildman–Crippen LogP) is 3.10. The van der Waals surface area contributed by atoms with E-state index >= 15 is 0 Å². The summed E-state index contributed by atoms with van der Waals surface area (Å²) in [6.07, 6.45) is 1.58. The molecule has 0 fully saturated rings. The summed E-state index contributed by atoms with van der Waals surface area (Å²) >= 11 is 0. The predicted molar refractivity (Wildman–Crippen MR) is 119 cm³/mol. The Kier molecular flexibility index (Phi) is 12.0. The van der Waals surface area contributed by atoms with Gasteiger partial charge < -0.3 is 20.7 Å². The Morgan fingerprint density at radius 2 is 1.54 bits per heavy atom. The molecule has 148 valence electrons. The molecular formula is C19H33IN4O2. The second kappa shape index (κ2) is 12.8. The molecule has 0 saturated carbocycles.